The molecular formula is C17H24N2O2. The fourth-order valence-electron chi connectivity index (χ4n) is 2.96. The molecular weight excluding hydrogens is 264 g/mol. The molecule has 1 aliphatic rings. The number of rotatable bonds is 5. The van der Waals surface area contributed by atoms with E-state index in [0.717, 1.165) is 31.5 Å². The van der Waals surface area contributed by atoms with E-state index in [-0.39, 0.29) is 5.75 Å². The molecule has 1 unspecified atom stereocenters. The SMILES string of the molecule is CCOc1cccc(CC(C)(C#N)N2CCCCC2)c1O. The maximum absolute atomic E-state index is 10.3. The van der Waals surface area contributed by atoms with Gasteiger partial charge in [-0.2, -0.15) is 5.26 Å². The maximum atomic E-state index is 10.3. The van der Waals surface area contributed by atoms with Crippen LogP contribution in [0.25, 0.3) is 0 Å². The second-order valence-corrected chi connectivity index (χ2v) is 5.81. The Kier molecular flexibility index (Phi) is 5.08. The smallest absolute Gasteiger partial charge is 0.161 e. The van der Waals surface area contributed by atoms with Crippen LogP contribution in [-0.2, 0) is 6.42 Å². The van der Waals surface area contributed by atoms with Crippen molar-refractivity contribution in [3.05, 3.63) is 23.8 Å². The Balaban J connectivity index is 2.22. The normalized spacial score (nSPS) is 18.7. The third-order valence-corrected chi connectivity index (χ3v) is 4.21. The van der Waals surface area contributed by atoms with E-state index in [4.69, 9.17) is 4.74 Å². The lowest BCUT2D eigenvalue weighted by atomic mass is 9.90. The molecule has 2 rings (SSSR count). The maximum Gasteiger partial charge on any atom is 0.161 e. The lowest BCUT2D eigenvalue weighted by molar-refractivity contribution is 0.123. The van der Waals surface area contributed by atoms with Crippen LogP contribution in [0.2, 0.25) is 0 Å². The fraction of sp³-hybridized carbons (Fsp3) is 0.588. The molecule has 1 atom stereocenters. The molecule has 1 aliphatic heterocycles. The van der Waals surface area contributed by atoms with Crippen molar-refractivity contribution in [2.75, 3.05) is 19.7 Å². The van der Waals surface area contributed by atoms with Gasteiger partial charge < -0.3 is 9.84 Å². The van der Waals surface area contributed by atoms with Crippen molar-refractivity contribution in [3.8, 4) is 17.6 Å². The average molecular weight is 288 g/mol. The Labute approximate surface area is 127 Å². The summed E-state index contributed by atoms with van der Waals surface area (Å²) < 4.78 is 5.42. The van der Waals surface area contributed by atoms with Crippen LogP contribution >= 0.6 is 0 Å². The van der Waals surface area contributed by atoms with Crippen LogP contribution in [-0.4, -0.2) is 35.2 Å². The van der Waals surface area contributed by atoms with Gasteiger partial charge in [0.2, 0.25) is 0 Å². The first-order valence-corrected chi connectivity index (χ1v) is 7.70. The molecule has 0 radical (unpaired) electrons. The lowest BCUT2D eigenvalue weighted by Crippen LogP contribution is -2.49. The highest BCUT2D eigenvalue weighted by Crippen LogP contribution is 2.34. The number of ether oxygens (including phenoxy) is 1. The molecule has 0 amide bonds. The minimum absolute atomic E-state index is 0.165. The van der Waals surface area contributed by atoms with E-state index in [9.17, 15) is 10.4 Å². The van der Waals surface area contributed by atoms with E-state index >= 15 is 0 Å². The van der Waals surface area contributed by atoms with Gasteiger partial charge in [-0.15, -0.1) is 0 Å². The molecule has 1 aromatic carbocycles. The van der Waals surface area contributed by atoms with Crippen LogP contribution in [0.3, 0.4) is 0 Å². The zero-order valence-corrected chi connectivity index (χ0v) is 12.9. The van der Waals surface area contributed by atoms with Crippen molar-refractivity contribution in [3.63, 3.8) is 0 Å². The molecule has 1 N–H and O–H groups in total. The first kappa shape index (κ1) is 15.7. The molecule has 21 heavy (non-hydrogen) atoms. The van der Waals surface area contributed by atoms with Gasteiger partial charge >= 0.3 is 0 Å². The summed E-state index contributed by atoms with van der Waals surface area (Å²) in [5.74, 6) is 0.659. The second-order valence-electron chi connectivity index (χ2n) is 5.81. The molecule has 114 valence electrons. The van der Waals surface area contributed by atoms with Crippen LogP contribution in [0.5, 0.6) is 11.5 Å². The van der Waals surface area contributed by atoms with E-state index in [0.29, 0.717) is 18.8 Å². The van der Waals surface area contributed by atoms with Crippen LogP contribution in [0.15, 0.2) is 18.2 Å². The van der Waals surface area contributed by atoms with Gasteiger partial charge in [0.05, 0.1) is 12.7 Å². The minimum Gasteiger partial charge on any atom is -0.504 e. The third kappa shape index (κ3) is 3.48. The molecule has 1 fully saturated rings. The highest BCUT2D eigenvalue weighted by molar-refractivity contribution is 5.46. The predicted octanol–water partition coefficient (Wildman–Crippen LogP) is 3.10. The Bertz CT molecular complexity index is 518. The summed E-state index contributed by atoms with van der Waals surface area (Å²) in [7, 11) is 0. The largest absolute Gasteiger partial charge is 0.504 e. The van der Waals surface area contributed by atoms with Gasteiger partial charge in [0.1, 0.15) is 5.54 Å². The predicted molar refractivity (Wildman–Crippen MR) is 82.4 cm³/mol. The average Bonchev–Trinajstić information content (AvgIpc) is 2.52. The van der Waals surface area contributed by atoms with Gasteiger partial charge in [0.15, 0.2) is 11.5 Å². The van der Waals surface area contributed by atoms with Crippen LogP contribution in [0.4, 0.5) is 0 Å². The standard InChI is InChI=1S/C17H24N2O2/c1-3-21-15-9-7-8-14(16(15)20)12-17(2,13-18)19-10-5-4-6-11-19/h7-9,20H,3-6,10-12H2,1-2H3. The fourth-order valence-corrected chi connectivity index (χ4v) is 2.96. The number of hydrogen-bond acceptors (Lipinski definition) is 4. The Hall–Kier alpha value is -1.73. The number of phenols is 1. The summed E-state index contributed by atoms with van der Waals surface area (Å²) in [6.45, 7) is 6.27. The second kappa shape index (κ2) is 6.82. The Morgan fingerprint density at radius 3 is 2.67 bits per heavy atom. The Morgan fingerprint density at radius 1 is 1.33 bits per heavy atom. The van der Waals surface area contributed by atoms with Gasteiger partial charge in [0, 0.05) is 12.0 Å². The zero-order valence-electron chi connectivity index (χ0n) is 12.9. The van der Waals surface area contributed by atoms with Crippen molar-refractivity contribution in [1.82, 2.24) is 4.90 Å². The molecule has 0 saturated carbocycles. The van der Waals surface area contributed by atoms with Crippen molar-refractivity contribution < 1.29 is 9.84 Å². The molecule has 0 bridgehead atoms. The zero-order chi connectivity index (χ0) is 15.3. The summed E-state index contributed by atoms with van der Waals surface area (Å²) >= 11 is 0. The molecule has 0 aliphatic carbocycles. The summed E-state index contributed by atoms with van der Waals surface area (Å²) in [5, 5.41) is 20.0. The highest BCUT2D eigenvalue weighted by atomic mass is 16.5. The molecule has 1 saturated heterocycles. The van der Waals surface area contributed by atoms with Gasteiger partial charge in [-0.25, -0.2) is 0 Å². The van der Waals surface area contributed by atoms with Crippen molar-refractivity contribution >= 4 is 0 Å². The lowest BCUT2D eigenvalue weighted by Gasteiger charge is -2.38. The van der Waals surface area contributed by atoms with E-state index in [1.807, 2.05) is 26.0 Å². The summed E-state index contributed by atoms with van der Waals surface area (Å²) in [6.07, 6.45) is 4.03. The molecule has 1 heterocycles. The highest BCUT2D eigenvalue weighted by Gasteiger charge is 2.34. The molecule has 1 aromatic rings. The van der Waals surface area contributed by atoms with Crippen molar-refractivity contribution in [1.29, 1.82) is 5.26 Å². The Morgan fingerprint density at radius 2 is 2.05 bits per heavy atom. The van der Waals surface area contributed by atoms with E-state index in [1.165, 1.54) is 6.42 Å². The molecule has 4 heteroatoms. The number of piperidine rings is 1. The quantitative estimate of drug-likeness (QED) is 0.904. The van der Waals surface area contributed by atoms with Gasteiger partial charge in [0.25, 0.3) is 0 Å². The topological polar surface area (TPSA) is 56.5 Å². The molecule has 0 spiro atoms. The van der Waals surface area contributed by atoms with Crippen molar-refractivity contribution in [2.24, 2.45) is 0 Å². The monoisotopic (exact) mass is 288 g/mol. The third-order valence-electron chi connectivity index (χ3n) is 4.21. The number of phenolic OH excluding ortho intramolecular Hbond substituents is 1. The first-order chi connectivity index (χ1) is 10.1. The number of nitrogens with zero attached hydrogens (tertiary/aromatic N) is 2. The molecule has 4 nitrogen and oxygen atoms in total. The summed E-state index contributed by atoms with van der Waals surface area (Å²) in [5.41, 5.74) is 0.193. The van der Waals surface area contributed by atoms with Gasteiger partial charge in [-0.05, 0) is 45.8 Å². The van der Waals surface area contributed by atoms with Crippen LogP contribution in [0, 0.1) is 11.3 Å². The number of para-hydroxylation sites is 1. The summed E-state index contributed by atoms with van der Waals surface area (Å²) in [4.78, 5) is 2.24. The van der Waals surface area contributed by atoms with Crippen LogP contribution < -0.4 is 4.74 Å². The first-order valence-electron chi connectivity index (χ1n) is 7.70. The van der Waals surface area contributed by atoms with E-state index in [2.05, 4.69) is 11.0 Å². The van der Waals surface area contributed by atoms with E-state index in [1.54, 1.807) is 6.07 Å². The minimum atomic E-state index is -0.581. The summed E-state index contributed by atoms with van der Waals surface area (Å²) in [6, 6.07) is 7.95. The number of aromatic hydroxyl groups is 1. The number of nitriles is 1. The number of hydrogen-bond donors (Lipinski definition) is 1. The van der Waals surface area contributed by atoms with Gasteiger partial charge in [-0.3, -0.25) is 4.90 Å². The number of likely N-dealkylation sites (tertiary alicyclic amines) is 1. The van der Waals surface area contributed by atoms with E-state index < -0.39 is 5.54 Å². The van der Waals surface area contributed by atoms with Crippen molar-refractivity contribution in [2.45, 2.75) is 45.1 Å². The number of benzene rings is 1. The van der Waals surface area contributed by atoms with Crippen LogP contribution in [0.1, 0.15) is 38.7 Å². The van der Waals surface area contributed by atoms with Gasteiger partial charge in [-0.1, -0.05) is 18.6 Å². The molecule has 0 aromatic heterocycles.